The minimum absolute atomic E-state index is 0.202. The largest absolute Gasteiger partial charge is 0.494 e. The highest BCUT2D eigenvalue weighted by Crippen LogP contribution is 2.42. The number of ether oxygens (including phenoxy) is 1. The monoisotopic (exact) mass is 284 g/mol. The van der Waals surface area contributed by atoms with Crippen LogP contribution in [0.4, 0.5) is 13.2 Å². The molecule has 1 unspecified atom stereocenters. The van der Waals surface area contributed by atoms with Gasteiger partial charge in [0, 0.05) is 5.56 Å². The first kappa shape index (κ1) is 14.7. The summed E-state index contributed by atoms with van der Waals surface area (Å²) >= 11 is 0. The van der Waals surface area contributed by atoms with E-state index >= 15 is 0 Å². The van der Waals surface area contributed by atoms with E-state index in [-0.39, 0.29) is 5.56 Å². The second-order valence-electron chi connectivity index (χ2n) is 4.69. The molecule has 2 aromatic rings. The van der Waals surface area contributed by atoms with Gasteiger partial charge < -0.3 is 9.84 Å². The fourth-order valence-electron chi connectivity index (χ4n) is 2.09. The summed E-state index contributed by atoms with van der Waals surface area (Å²) < 4.78 is 44.5. The van der Waals surface area contributed by atoms with Crippen molar-refractivity contribution in [2.45, 2.75) is 25.6 Å². The molecular weight excluding hydrogens is 269 g/mol. The van der Waals surface area contributed by atoms with E-state index in [0.29, 0.717) is 23.1 Å². The topological polar surface area (TPSA) is 29.5 Å². The second kappa shape index (κ2) is 4.98. The summed E-state index contributed by atoms with van der Waals surface area (Å²) in [5, 5.41) is 10.9. The number of fused-ring (bicyclic) bond motifs is 1. The Labute approximate surface area is 114 Å². The summed E-state index contributed by atoms with van der Waals surface area (Å²) in [6, 6.07) is 9.52. The highest BCUT2D eigenvalue weighted by Gasteiger charge is 2.52. The molecule has 0 bridgehead atoms. The Morgan fingerprint density at radius 3 is 2.40 bits per heavy atom. The Balaban J connectivity index is 2.73. The van der Waals surface area contributed by atoms with Gasteiger partial charge in [0.05, 0.1) is 6.61 Å². The fourth-order valence-corrected chi connectivity index (χ4v) is 2.09. The predicted molar refractivity (Wildman–Crippen MR) is 70.7 cm³/mol. The molecule has 0 amide bonds. The Kier molecular flexibility index (Phi) is 3.65. The number of halogens is 3. The van der Waals surface area contributed by atoms with Crippen LogP contribution in [0.2, 0.25) is 0 Å². The van der Waals surface area contributed by atoms with Crippen LogP contribution in [0, 0.1) is 0 Å². The maximum absolute atomic E-state index is 13.1. The van der Waals surface area contributed by atoms with Gasteiger partial charge in [0.1, 0.15) is 5.75 Å². The summed E-state index contributed by atoms with van der Waals surface area (Å²) in [5.74, 6) is 0.311. The molecule has 0 heterocycles. The zero-order valence-corrected chi connectivity index (χ0v) is 11.2. The SMILES string of the molecule is CCOc1cc(C(C)(O)C(F)(F)F)c2ccccc2c1. The normalized spacial score (nSPS) is 15.1. The number of aliphatic hydroxyl groups is 1. The van der Waals surface area contributed by atoms with Crippen LogP contribution in [-0.4, -0.2) is 17.9 Å². The van der Waals surface area contributed by atoms with Gasteiger partial charge in [-0.1, -0.05) is 24.3 Å². The van der Waals surface area contributed by atoms with Gasteiger partial charge in [-0.2, -0.15) is 13.2 Å². The molecule has 1 N–H and O–H groups in total. The lowest BCUT2D eigenvalue weighted by Crippen LogP contribution is -2.39. The minimum Gasteiger partial charge on any atom is -0.494 e. The lowest BCUT2D eigenvalue weighted by atomic mass is 9.90. The van der Waals surface area contributed by atoms with Crippen LogP contribution in [0.5, 0.6) is 5.75 Å². The summed E-state index contributed by atoms with van der Waals surface area (Å²) in [7, 11) is 0. The third-order valence-electron chi connectivity index (χ3n) is 3.22. The minimum atomic E-state index is -4.76. The summed E-state index contributed by atoms with van der Waals surface area (Å²) in [5.41, 5.74) is -3.13. The van der Waals surface area contributed by atoms with E-state index in [2.05, 4.69) is 0 Å². The number of alkyl halides is 3. The Morgan fingerprint density at radius 1 is 1.15 bits per heavy atom. The zero-order valence-electron chi connectivity index (χ0n) is 11.2. The molecule has 0 fully saturated rings. The van der Waals surface area contributed by atoms with Crippen molar-refractivity contribution < 1.29 is 23.0 Å². The van der Waals surface area contributed by atoms with Gasteiger partial charge in [0.25, 0.3) is 0 Å². The molecule has 5 heteroatoms. The van der Waals surface area contributed by atoms with Crippen molar-refractivity contribution in [2.75, 3.05) is 6.61 Å². The molecule has 0 aliphatic carbocycles. The van der Waals surface area contributed by atoms with Gasteiger partial charge in [-0.15, -0.1) is 0 Å². The van der Waals surface area contributed by atoms with Crippen molar-refractivity contribution in [1.82, 2.24) is 0 Å². The van der Waals surface area contributed by atoms with Crippen molar-refractivity contribution in [1.29, 1.82) is 0 Å². The first-order valence-corrected chi connectivity index (χ1v) is 6.22. The first-order valence-electron chi connectivity index (χ1n) is 6.22. The van der Waals surface area contributed by atoms with E-state index in [1.165, 1.54) is 6.07 Å². The van der Waals surface area contributed by atoms with E-state index in [9.17, 15) is 18.3 Å². The van der Waals surface area contributed by atoms with Crippen molar-refractivity contribution >= 4 is 10.8 Å². The fraction of sp³-hybridized carbons (Fsp3) is 0.333. The van der Waals surface area contributed by atoms with E-state index < -0.39 is 11.8 Å². The highest BCUT2D eigenvalue weighted by atomic mass is 19.4. The van der Waals surface area contributed by atoms with Gasteiger partial charge in [-0.3, -0.25) is 0 Å². The molecule has 0 saturated carbocycles. The van der Waals surface area contributed by atoms with Gasteiger partial charge in [0.15, 0.2) is 5.60 Å². The smallest absolute Gasteiger partial charge is 0.421 e. The van der Waals surface area contributed by atoms with Crippen LogP contribution in [0.3, 0.4) is 0 Å². The van der Waals surface area contributed by atoms with Crippen LogP contribution in [0.1, 0.15) is 19.4 Å². The number of hydrogen-bond acceptors (Lipinski definition) is 2. The summed E-state index contributed by atoms with van der Waals surface area (Å²) in [6.07, 6.45) is -4.76. The third kappa shape index (κ3) is 2.45. The van der Waals surface area contributed by atoms with Crippen LogP contribution in [-0.2, 0) is 5.60 Å². The lowest BCUT2D eigenvalue weighted by molar-refractivity contribution is -0.258. The highest BCUT2D eigenvalue weighted by molar-refractivity contribution is 5.88. The van der Waals surface area contributed by atoms with Crippen molar-refractivity contribution in [2.24, 2.45) is 0 Å². The number of benzene rings is 2. The van der Waals surface area contributed by atoms with Crippen molar-refractivity contribution in [3.8, 4) is 5.75 Å². The second-order valence-corrected chi connectivity index (χ2v) is 4.69. The summed E-state index contributed by atoms with van der Waals surface area (Å²) in [4.78, 5) is 0. The Morgan fingerprint density at radius 2 is 1.80 bits per heavy atom. The molecule has 2 nitrogen and oxygen atoms in total. The molecule has 0 radical (unpaired) electrons. The quantitative estimate of drug-likeness (QED) is 0.922. The van der Waals surface area contributed by atoms with Gasteiger partial charge in [0.2, 0.25) is 0 Å². The van der Waals surface area contributed by atoms with E-state index in [4.69, 9.17) is 4.74 Å². The average Bonchev–Trinajstić information content (AvgIpc) is 2.36. The number of hydrogen-bond donors (Lipinski definition) is 1. The maximum Gasteiger partial charge on any atom is 0.421 e. The maximum atomic E-state index is 13.1. The zero-order chi connectivity index (χ0) is 15.0. The average molecular weight is 284 g/mol. The predicted octanol–water partition coefficient (Wildman–Crippen LogP) is 4.01. The first-order chi connectivity index (χ1) is 9.27. The van der Waals surface area contributed by atoms with E-state index in [1.807, 2.05) is 0 Å². The summed E-state index contributed by atoms with van der Waals surface area (Å²) in [6.45, 7) is 2.84. The molecule has 0 aromatic heterocycles. The van der Waals surface area contributed by atoms with Crippen LogP contribution >= 0.6 is 0 Å². The molecule has 0 aliphatic heterocycles. The number of rotatable bonds is 3. The molecule has 1 atom stereocenters. The molecule has 0 saturated heterocycles. The van der Waals surface area contributed by atoms with Gasteiger partial charge in [-0.25, -0.2) is 0 Å². The molecule has 0 aliphatic rings. The third-order valence-corrected chi connectivity index (χ3v) is 3.22. The van der Waals surface area contributed by atoms with Crippen LogP contribution < -0.4 is 4.74 Å². The van der Waals surface area contributed by atoms with Crippen LogP contribution in [0.25, 0.3) is 10.8 Å². The molecule has 0 spiro atoms. The molecule has 108 valence electrons. The molecule has 2 aromatic carbocycles. The molecular formula is C15H15F3O2. The lowest BCUT2D eigenvalue weighted by Gasteiger charge is -2.28. The standard InChI is InChI=1S/C15H15F3O2/c1-3-20-11-8-10-6-4-5-7-12(10)13(9-11)14(2,19)15(16,17)18/h4-9,19H,3H2,1-2H3. The molecule has 2 rings (SSSR count). The Hall–Kier alpha value is -1.75. The van der Waals surface area contributed by atoms with E-state index in [0.717, 1.165) is 6.92 Å². The Bertz CT molecular complexity index is 618. The van der Waals surface area contributed by atoms with Gasteiger partial charge in [-0.05, 0) is 36.8 Å². The van der Waals surface area contributed by atoms with Crippen molar-refractivity contribution in [3.05, 3.63) is 42.0 Å². The molecule has 20 heavy (non-hydrogen) atoms. The van der Waals surface area contributed by atoms with Crippen LogP contribution in [0.15, 0.2) is 36.4 Å². The van der Waals surface area contributed by atoms with Crippen molar-refractivity contribution in [3.63, 3.8) is 0 Å². The van der Waals surface area contributed by atoms with E-state index in [1.54, 1.807) is 37.3 Å². The van der Waals surface area contributed by atoms with Gasteiger partial charge >= 0.3 is 6.18 Å².